The van der Waals surface area contributed by atoms with Crippen LogP contribution >= 0.6 is 0 Å². The Kier molecular flexibility index (Phi) is 7.54. The van der Waals surface area contributed by atoms with Gasteiger partial charge in [-0.3, -0.25) is 0 Å². The summed E-state index contributed by atoms with van der Waals surface area (Å²) in [6, 6.07) is 24.1. The molecule has 4 aromatic rings. The maximum absolute atomic E-state index is 6.23. The van der Waals surface area contributed by atoms with Crippen molar-refractivity contribution < 1.29 is 9.47 Å². The first-order chi connectivity index (χ1) is 17.2. The van der Waals surface area contributed by atoms with Crippen LogP contribution in [0.2, 0.25) is 0 Å². The van der Waals surface area contributed by atoms with Crippen molar-refractivity contribution in [1.82, 2.24) is 0 Å². The fourth-order valence-corrected chi connectivity index (χ4v) is 4.81. The minimum atomic E-state index is 0.293. The molecule has 0 bridgehead atoms. The van der Waals surface area contributed by atoms with Gasteiger partial charge < -0.3 is 20.9 Å². The average molecular weight is 481 g/mol. The highest BCUT2D eigenvalue weighted by atomic mass is 16.5. The molecule has 0 saturated heterocycles. The molecule has 0 radical (unpaired) electrons. The van der Waals surface area contributed by atoms with Crippen LogP contribution in [0.3, 0.4) is 0 Å². The molecule has 0 amide bonds. The van der Waals surface area contributed by atoms with Crippen LogP contribution in [-0.2, 0) is 0 Å². The number of ether oxygens (including phenoxy) is 2. The van der Waals surface area contributed by atoms with Gasteiger partial charge >= 0.3 is 0 Å². The van der Waals surface area contributed by atoms with Gasteiger partial charge in [-0.25, -0.2) is 0 Å². The third-order valence-electron chi connectivity index (χ3n) is 6.55. The quantitative estimate of drug-likeness (QED) is 0.248. The van der Waals surface area contributed by atoms with E-state index in [1.807, 2.05) is 48.5 Å². The zero-order valence-corrected chi connectivity index (χ0v) is 21.9. The van der Waals surface area contributed by atoms with Gasteiger partial charge in [0.25, 0.3) is 0 Å². The molecule has 0 aliphatic heterocycles. The van der Waals surface area contributed by atoms with Crippen LogP contribution in [0.25, 0.3) is 0 Å². The highest BCUT2D eigenvalue weighted by Gasteiger charge is 2.19. The Labute approximate surface area is 214 Å². The Balaban J connectivity index is 1.65. The number of anilines is 2. The van der Waals surface area contributed by atoms with Gasteiger partial charge in [0.15, 0.2) is 0 Å². The van der Waals surface area contributed by atoms with E-state index in [2.05, 4.69) is 58.9 Å². The van der Waals surface area contributed by atoms with E-state index in [1.165, 1.54) is 11.1 Å². The summed E-state index contributed by atoms with van der Waals surface area (Å²) >= 11 is 0. The Morgan fingerprint density at radius 3 is 1.22 bits per heavy atom. The SMILES string of the molecule is CCCC(c1cc(C)c(Oc2ccc(N)cc2)c(C)c1)c1cc(C)c(Oc2ccc(N)cc2)c(C)c1. The second-order valence-corrected chi connectivity index (χ2v) is 9.65. The van der Waals surface area contributed by atoms with Crippen molar-refractivity contribution in [2.24, 2.45) is 0 Å². The third-order valence-corrected chi connectivity index (χ3v) is 6.55. The van der Waals surface area contributed by atoms with Crippen molar-refractivity contribution in [1.29, 1.82) is 0 Å². The number of nitrogen functional groups attached to an aromatic ring is 2. The standard InChI is InChI=1S/C32H36N2O2/c1-6-7-30(24-16-20(2)31(21(3)17-24)35-28-12-8-26(33)9-13-28)25-18-22(4)32(23(5)19-25)36-29-14-10-27(34)11-15-29/h8-19,30H,6-7,33-34H2,1-5H3. The second kappa shape index (κ2) is 10.8. The zero-order valence-electron chi connectivity index (χ0n) is 21.9. The summed E-state index contributed by atoms with van der Waals surface area (Å²) in [5.74, 6) is 3.67. The molecule has 0 aliphatic rings. The molecule has 4 rings (SSSR count). The molecule has 0 fully saturated rings. The van der Waals surface area contributed by atoms with E-state index in [4.69, 9.17) is 20.9 Å². The number of rotatable bonds is 8. The Hall–Kier alpha value is -3.92. The smallest absolute Gasteiger partial charge is 0.133 e. The predicted octanol–water partition coefficient (Wildman–Crippen LogP) is 8.60. The van der Waals surface area contributed by atoms with Crippen molar-refractivity contribution in [2.75, 3.05) is 11.5 Å². The summed E-state index contributed by atoms with van der Waals surface area (Å²) in [5, 5.41) is 0. The molecule has 4 aromatic carbocycles. The summed E-state index contributed by atoms with van der Waals surface area (Å²) in [7, 11) is 0. The third kappa shape index (κ3) is 5.65. The zero-order chi connectivity index (χ0) is 25.8. The van der Waals surface area contributed by atoms with Crippen LogP contribution in [0.4, 0.5) is 11.4 Å². The highest BCUT2D eigenvalue weighted by Crippen LogP contribution is 2.39. The maximum atomic E-state index is 6.23. The van der Waals surface area contributed by atoms with Gasteiger partial charge in [0, 0.05) is 17.3 Å². The Morgan fingerprint density at radius 1 is 0.583 bits per heavy atom. The van der Waals surface area contributed by atoms with Crippen molar-refractivity contribution in [3.63, 3.8) is 0 Å². The van der Waals surface area contributed by atoms with Gasteiger partial charge in [0.1, 0.15) is 23.0 Å². The molecular formula is C32H36N2O2. The lowest BCUT2D eigenvalue weighted by atomic mass is 9.84. The van der Waals surface area contributed by atoms with Crippen LogP contribution < -0.4 is 20.9 Å². The van der Waals surface area contributed by atoms with Crippen LogP contribution in [0.15, 0.2) is 72.8 Å². The Bertz CT molecular complexity index is 1190. The minimum absolute atomic E-state index is 0.293. The molecule has 0 aromatic heterocycles. The molecule has 0 unspecified atom stereocenters. The molecule has 4 nitrogen and oxygen atoms in total. The van der Waals surface area contributed by atoms with E-state index in [-0.39, 0.29) is 0 Å². The molecule has 0 spiro atoms. The van der Waals surface area contributed by atoms with E-state index in [1.54, 1.807) is 0 Å². The van der Waals surface area contributed by atoms with Gasteiger partial charge in [-0.15, -0.1) is 0 Å². The van der Waals surface area contributed by atoms with Crippen molar-refractivity contribution in [2.45, 2.75) is 53.4 Å². The van der Waals surface area contributed by atoms with E-state index >= 15 is 0 Å². The highest BCUT2D eigenvalue weighted by molar-refractivity contribution is 5.53. The summed E-state index contributed by atoms with van der Waals surface area (Å²) in [6.45, 7) is 10.7. The van der Waals surface area contributed by atoms with E-state index in [0.717, 1.165) is 69.5 Å². The largest absolute Gasteiger partial charge is 0.457 e. The van der Waals surface area contributed by atoms with E-state index in [9.17, 15) is 0 Å². The second-order valence-electron chi connectivity index (χ2n) is 9.65. The first-order valence-corrected chi connectivity index (χ1v) is 12.5. The number of benzene rings is 4. The molecular weight excluding hydrogens is 444 g/mol. The molecule has 0 saturated carbocycles. The Morgan fingerprint density at radius 2 is 0.917 bits per heavy atom. The average Bonchev–Trinajstić information content (AvgIpc) is 2.84. The molecule has 0 atom stereocenters. The summed E-state index contributed by atoms with van der Waals surface area (Å²) < 4.78 is 12.5. The lowest BCUT2D eigenvalue weighted by Gasteiger charge is -2.23. The van der Waals surface area contributed by atoms with Gasteiger partial charge in [-0.1, -0.05) is 37.6 Å². The normalized spacial score (nSPS) is 11.1. The number of hydrogen-bond donors (Lipinski definition) is 2. The monoisotopic (exact) mass is 480 g/mol. The molecule has 0 aliphatic carbocycles. The first kappa shape index (κ1) is 25.2. The van der Waals surface area contributed by atoms with Gasteiger partial charge in [0.05, 0.1) is 0 Å². The number of hydrogen-bond acceptors (Lipinski definition) is 4. The van der Waals surface area contributed by atoms with Gasteiger partial charge in [0.2, 0.25) is 0 Å². The summed E-state index contributed by atoms with van der Waals surface area (Å²) in [5.41, 5.74) is 20.2. The fourth-order valence-electron chi connectivity index (χ4n) is 4.81. The molecule has 4 heteroatoms. The van der Waals surface area contributed by atoms with Crippen LogP contribution in [0.5, 0.6) is 23.0 Å². The number of nitrogens with two attached hydrogens (primary N) is 2. The topological polar surface area (TPSA) is 70.5 Å². The van der Waals surface area contributed by atoms with E-state index in [0.29, 0.717) is 5.92 Å². The van der Waals surface area contributed by atoms with Crippen molar-refractivity contribution in [3.05, 3.63) is 106 Å². The minimum Gasteiger partial charge on any atom is -0.457 e. The van der Waals surface area contributed by atoms with Gasteiger partial charge in [-0.05, 0) is 116 Å². The molecule has 36 heavy (non-hydrogen) atoms. The maximum Gasteiger partial charge on any atom is 0.133 e. The summed E-state index contributed by atoms with van der Waals surface area (Å²) in [4.78, 5) is 0. The van der Waals surface area contributed by atoms with E-state index < -0.39 is 0 Å². The lowest BCUT2D eigenvalue weighted by Crippen LogP contribution is -2.05. The van der Waals surface area contributed by atoms with Crippen molar-refractivity contribution >= 4 is 11.4 Å². The molecule has 186 valence electrons. The van der Waals surface area contributed by atoms with Crippen LogP contribution in [-0.4, -0.2) is 0 Å². The fraction of sp³-hybridized carbons (Fsp3) is 0.250. The molecule has 4 N–H and O–H groups in total. The van der Waals surface area contributed by atoms with Crippen molar-refractivity contribution in [3.8, 4) is 23.0 Å². The molecule has 0 heterocycles. The predicted molar refractivity (Wildman–Crippen MR) is 150 cm³/mol. The lowest BCUT2D eigenvalue weighted by molar-refractivity contribution is 0.474. The van der Waals surface area contributed by atoms with Crippen LogP contribution in [0.1, 0.15) is 59.1 Å². The number of aryl methyl sites for hydroxylation is 4. The van der Waals surface area contributed by atoms with Gasteiger partial charge in [-0.2, -0.15) is 0 Å². The first-order valence-electron chi connectivity index (χ1n) is 12.5. The van der Waals surface area contributed by atoms with Crippen LogP contribution in [0, 0.1) is 27.7 Å². The summed E-state index contributed by atoms with van der Waals surface area (Å²) in [6.07, 6.45) is 2.16.